The number of halogens is 10. The van der Waals surface area contributed by atoms with E-state index in [0.29, 0.717) is 49.5 Å². The number of thiophene rings is 11. The van der Waals surface area contributed by atoms with Crippen LogP contribution in [0, 0.1) is 6.92 Å². The fourth-order valence-corrected chi connectivity index (χ4v) is 66.5. The van der Waals surface area contributed by atoms with Crippen LogP contribution in [0.15, 0.2) is 143 Å². The second kappa shape index (κ2) is 51.6. The summed E-state index contributed by atoms with van der Waals surface area (Å²) in [6, 6.07) is 32.3. The van der Waals surface area contributed by atoms with Crippen molar-refractivity contribution in [3.05, 3.63) is 159 Å². The Hall–Kier alpha value is 0.880. The molecule has 0 fully saturated rings. The number of ether oxygens (including phenoxy) is 6. The molecule has 0 aliphatic heterocycles. The Balaban J connectivity index is 0.000000224. The summed E-state index contributed by atoms with van der Waals surface area (Å²) < 4.78 is 133. The number of methoxy groups -OCH3 is 6. The molecule has 0 spiro atoms. The van der Waals surface area contributed by atoms with Crippen molar-refractivity contribution in [2.45, 2.75) is 57.8 Å². The van der Waals surface area contributed by atoms with Gasteiger partial charge in [0.1, 0.15) is 0 Å². The molecule has 0 saturated carbocycles. The molecule has 0 radical (unpaired) electrons. The van der Waals surface area contributed by atoms with Crippen LogP contribution in [-0.4, -0.2) is 60.4 Å². The zero-order valence-electron chi connectivity index (χ0n) is 57.1. The maximum atomic E-state index is 16.4. The highest BCUT2D eigenvalue weighted by molar-refractivity contribution is 9.14. The lowest BCUT2D eigenvalue weighted by atomic mass is 9.94. The van der Waals surface area contributed by atoms with Crippen molar-refractivity contribution in [2.75, 3.05) is 42.7 Å². The minimum atomic E-state index is -5.75. The lowest BCUT2D eigenvalue weighted by Gasteiger charge is -2.25. The largest absolute Gasteiger partial charge is 0.487 e. The van der Waals surface area contributed by atoms with E-state index in [-0.39, 0.29) is 9.75 Å². The summed E-state index contributed by atoms with van der Waals surface area (Å²) in [5.74, 6) is -16.3. The van der Waals surface area contributed by atoms with Gasteiger partial charge in [0.15, 0.2) is 30.4 Å². The Morgan fingerprint density at radius 1 is 0.364 bits per heavy atom. The van der Waals surface area contributed by atoms with Crippen LogP contribution in [-0.2, 0) is 182 Å². The topological polar surface area (TPSA) is 55.4 Å². The zero-order valence-corrected chi connectivity index (χ0v) is 88.8. The van der Waals surface area contributed by atoms with Crippen molar-refractivity contribution in [1.82, 2.24) is 0 Å². The highest BCUT2D eigenvalue weighted by Crippen LogP contribution is 2.68. The SMILES string of the molecule is Brc1cc(Br)c(Br)s1.C1=CCCC1.CC.COc1ccc(-c2cc(C3=C(c4cc(-c5ccc(OC)s5)sc4-c4ccc(OC)s4)C(F)(F)C(F)(F)C3(F)F)c(-c3ccc(OC)s3)s2)s1.COc1ccc(-c2sc(-c3ccc(C)s3)cc2Br)s1.COc1cccs1.S=S=S=S=S=S=S=S=S=S=S=S=S=S=S=S=S=S=S=S. The highest BCUT2D eigenvalue weighted by atomic mass is 79.9. The van der Waals surface area contributed by atoms with Gasteiger partial charge < -0.3 is 28.4 Å². The van der Waals surface area contributed by atoms with Gasteiger partial charge in [-0.2, -0.15) is 26.3 Å². The summed E-state index contributed by atoms with van der Waals surface area (Å²) in [6.07, 6.45) is 8.50. The van der Waals surface area contributed by atoms with E-state index in [1.54, 1.807) is 239 Å². The van der Waals surface area contributed by atoms with Crippen molar-refractivity contribution in [3.63, 3.8) is 0 Å². The van der Waals surface area contributed by atoms with Gasteiger partial charge in [-0.15, -0.1) is 68.0 Å². The standard InChI is InChI=1S/C33H22F6O4S6.C14H11BrOS3.C5H6OS.C5H8.C4HBr3S.C2H6.S20/c1-40-23-9-5-17(44-23)21-13-15(29(48-21)19-7-11-25(42-3)46-19)27-28(32(36,37)33(38,39)31(27,34)35)16-14-22(18-6-10-24(41-2)45-18)49-30(16)20-8-12-26(43-4)47-20;1-8-3-4-10(17-8)12-7-9(15)14(19-12)11-5-6-13(16-2)18-11;1-6-5-3-2-4-7-5;1-2-4-5-3-1;5-2-1-3(6)8-4(2)7;1-2;1-3-5-7-9-11-13-15-17-19-20-18-16-14-12-10-8-6-4-2/h5-14H,1-4H3;3-7H,1-2H3;2-4H,1H3;1-2H,3-5H2;1H;1-2H3;. The molecule has 11 aromatic heterocycles. The zero-order chi connectivity index (χ0) is 79.8. The number of aryl methyl sites for hydroxylation is 1. The van der Waals surface area contributed by atoms with E-state index >= 15 is 26.3 Å². The molecule has 2 aliphatic carbocycles. The summed E-state index contributed by atoms with van der Waals surface area (Å²) >= 11 is 38.5. The lowest BCUT2D eigenvalue weighted by Crippen LogP contribution is -2.48. The third kappa shape index (κ3) is 28.8. The molecule has 0 atom stereocenters. The van der Waals surface area contributed by atoms with Crippen molar-refractivity contribution in [1.29, 1.82) is 0 Å². The number of allylic oxidation sites excluding steroid dienone is 4. The minimum Gasteiger partial charge on any atom is -0.487 e. The van der Waals surface area contributed by atoms with Gasteiger partial charge in [0.05, 0.1) is 64.9 Å². The van der Waals surface area contributed by atoms with Crippen LogP contribution in [0.5, 0.6) is 30.4 Å². The molecule has 110 heavy (non-hydrogen) atoms. The maximum Gasteiger partial charge on any atom is 0.380 e. The predicted molar refractivity (Wildman–Crippen MR) is 540 cm³/mol. The van der Waals surface area contributed by atoms with Gasteiger partial charge in [0.25, 0.3) is 0 Å². The first-order valence-electron chi connectivity index (χ1n) is 29.9. The first-order chi connectivity index (χ1) is 53.1. The van der Waals surface area contributed by atoms with E-state index in [1.165, 1.54) is 125 Å². The van der Waals surface area contributed by atoms with Gasteiger partial charge in [0, 0.05) is 262 Å². The maximum absolute atomic E-state index is 16.4. The molecular formula is C63H54Br4F6O6S31. The molecule has 2 aliphatic rings. The van der Waals surface area contributed by atoms with Crippen LogP contribution >= 0.6 is 188 Å². The fraction of sp³-hybridized carbons (Fsp3) is 0.238. The molecule has 0 unspecified atom stereocenters. The molecule has 598 valence electrons. The summed E-state index contributed by atoms with van der Waals surface area (Å²) in [5.41, 5.74) is -3.66. The monoisotopic (exact) mass is 2330 g/mol. The molecule has 11 heterocycles. The summed E-state index contributed by atoms with van der Waals surface area (Å²) in [7, 11) is 40.0. The molecule has 0 aromatic carbocycles. The number of rotatable bonds is 14. The van der Waals surface area contributed by atoms with Crippen LogP contribution in [0.4, 0.5) is 26.3 Å². The van der Waals surface area contributed by atoms with Gasteiger partial charge in [-0.25, -0.2) is 0 Å². The molecule has 47 heteroatoms. The van der Waals surface area contributed by atoms with Gasteiger partial charge in [-0.1, -0.05) is 82.7 Å². The molecule has 6 nitrogen and oxygen atoms in total. The Morgan fingerprint density at radius 2 is 0.700 bits per heavy atom. The van der Waals surface area contributed by atoms with Crippen molar-refractivity contribution < 1.29 is 54.8 Å². The summed E-state index contributed by atoms with van der Waals surface area (Å²) in [4.78, 5) is 9.60. The van der Waals surface area contributed by atoms with Crippen LogP contribution in [0.25, 0.3) is 69.7 Å². The molecule has 0 bridgehead atoms. The second-order valence-electron chi connectivity index (χ2n) is 19.4. The van der Waals surface area contributed by atoms with Crippen molar-refractivity contribution in [2.24, 2.45) is 0 Å². The number of hydrogen-bond acceptors (Lipinski definition) is 19. The molecule has 13 rings (SSSR count). The van der Waals surface area contributed by atoms with E-state index in [1.807, 2.05) is 66.2 Å². The Labute approximate surface area is 772 Å². The summed E-state index contributed by atoms with van der Waals surface area (Å²) in [5, 5.41) is 5.82. The Morgan fingerprint density at radius 3 is 0.982 bits per heavy atom. The smallest absolute Gasteiger partial charge is 0.380 e. The lowest BCUT2D eigenvalue weighted by molar-refractivity contribution is -0.254. The second-order valence-corrected chi connectivity index (χ2v) is 67.3. The predicted octanol–water partition coefficient (Wildman–Crippen LogP) is 27.4. The normalized spacial score (nSPS) is 12.8. The van der Waals surface area contributed by atoms with E-state index in [2.05, 4.69) is 107 Å². The molecule has 0 N–H and O–H groups in total. The number of hydrogen-bond donors (Lipinski definition) is 0. The molecular weight excluding hydrogens is 2280 g/mol. The fourth-order valence-electron chi connectivity index (χ4n) is 8.67. The van der Waals surface area contributed by atoms with Crippen LogP contribution < -0.4 is 28.4 Å². The summed E-state index contributed by atoms with van der Waals surface area (Å²) in [6.45, 7) is 6.14. The third-order valence-corrected chi connectivity index (χ3v) is 67.1. The van der Waals surface area contributed by atoms with E-state index < -0.39 is 40.0 Å². The van der Waals surface area contributed by atoms with Crippen molar-refractivity contribution >= 4 is 382 Å². The van der Waals surface area contributed by atoms with Crippen molar-refractivity contribution in [3.8, 4) is 88.9 Å². The van der Waals surface area contributed by atoms with Gasteiger partial charge in [0.2, 0.25) is 0 Å². The van der Waals surface area contributed by atoms with Crippen LogP contribution in [0.2, 0.25) is 0 Å². The van der Waals surface area contributed by atoms with Gasteiger partial charge >= 0.3 is 17.8 Å². The first kappa shape index (κ1) is 98.0. The Kier molecular flexibility index (Phi) is 46.0. The molecule has 0 saturated heterocycles. The van der Waals surface area contributed by atoms with E-state index in [9.17, 15) is 0 Å². The first-order valence-corrected chi connectivity index (χ1v) is 67.4. The van der Waals surface area contributed by atoms with Crippen LogP contribution in [0.3, 0.4) is 0 Å². The van der Waals surface area contributed by atoms with E-state index in [4.69, 9.17) is 50.8 Å². The van der Waals surface area contributed by atoms with Gasteiger partial charge in [-0.3, -0.25) is 0 Å². The molecule has 0 amide bonds. The average molecular weight is 2330 g/mol. The highest BCUT2D eigenvalue weighted by Gasteiger charge is 2.80. The molecule has 11 aromatic rings. The average Bonchev–Trinajstić information content (AvgIpc) is 1.52. The van der Waals surface area contributed by atoms with Gasteiger partial charge in [-0.05, 0) is 204 Å². The number of alkyl halides is 6. The van der Waals surface area contributed by atoms with Crippen LogP contribution in [0.1, 0.15) is 49.1 Å². The quantitative estimate of drug-likeness (QED) is 0.0789. The third-order valence-electron chi connectivity index (χ3n) is 13.1. The Bertz CT molecular complexity index is 5550. The minimum absolute atomic E-state index is 0.133. The van der Waals surface area contributed by atoms with E-state index in [0.717, 1.165) is 72.0 Å².